The molecule has 0 fully saturated rings. The Kier molecular flexibility index (Phi) is 3.84. The van der Waals surface area contributed by atoms with Crippen molar-refractivity contribution < 1.29 is 5.11 Å². The lowest BCUT2D eigenvalue weighted by atomic mass is 9.83. The van der Waals surface area contributed by atoms with E-state index in [4.69, 9.17) is 5.73 Å². The molecule has 0 unspecified atom stereocenters. The topological polar surface area (TPSA) is 113 Å². The van der Waals surface area contributed by atoms with Crippen molar-refractivity contribution in [2.75, 3.05) is 24.2 Å². The summed E-state index contributed by atoms with van der Waals surface area (Å²) < 4.78 is 0. The number of nitrogen functional groups attached to an aromatic ring is 1. The first-order valence-corrected chi connectivity index (χ1v) is 6.45. The molecule has 0 aliphatic carbocycles. The van der Waals surface area contributed by atoms with Gasteiger partial charge < -0.3 is 16.2 Å². The van der Waals surface area contributed by atoms with E-state index in [9.17, 15) is 5.11 Å². The van der Waals surface area contributed by atoms with Crippen molar-refractivity contribution in [1.82, 2.24) is 20.2 Å². The van der Waals surface area contributed by atoms with Crippen LogP contribution in [0.25, 0.3) is 11.0 Å². The third kappa shape index (κ3) is 2.60. The highest BCUT2D eigenvalue weighted by molar-refractivity contribution is 5.86. The molecule has 5 N–H and O–H groups in total. The summed E-state index contributed by atoms with van der Waals surface area (Å²) in [6.45, 7) is 4.92. The van der Waals surface area contributed by atoms with Crippen molar-refractivity contribution in [3.63, 3.8) is 0 Å². The van der Waals surface area contributed by atoms with Gasteiger partial charge in [0.05, 0.1) is 18.2 Å². The van der Waals surface area contributed by atoms with Crippen LogP contribution in [0.1, 0.15) is 26.7 Å². The Hall–Kier alpha value is -1.89. The van der Waals surface area contributed by atoms with Gasteiger partial charge >= 0.3 is 0 Å². The summed E-state index contributed by atoms with van der Waals surface area (Å²) in [7, 11) is 0. The summed E-state index contributed by atoms with van der Waals surface area (Å²) in [6, 6.07) is 0. The van der Waals surface area contributed by atoms with Gasteiger partial charge in [-0.15, -0.1) is 0 Å². The maximum absolute atomic E-state index is 9.57. The number of nitrogens with two attached hydrogens (primary N) is 1. The molecule has 19 heavy (non-hydrogen) atoms. The molecule has 0 spiro atoms. The minimum absolute atomic E-state index is 0.141. The van der Waals surface area contributed by atoms with E-state index in [1.54, 1.807) is 6.20 Å². The Morgan fingerprint density at radius 2 is 2.11 bits per heavy atom. The zero-order valence-electron chi connectivity index (χ0n) is 11.3. The van der Waals surface area contributed by atoms with Crippen molar-refractivity contribution in [3.8, 4) is 0 Å². The fraction of sp³-hybridized carbons (Fsp3) is 0.583. The molecule has 0 aromatic carbocycles. The number of aromatic amines is 1. The molecule has 0 aliphatic heterocycles. The third-order valence-electron chi connectivity index (χ3n) is 3.79. The summed E-state index contributed by atoms with van der Waals surface area (Å²) in [4.78, 5) is 8.25. The number of fused-ring (bicyclic) bond motifs is 1. The average molecular weight is 264 g/mol. The molecule has 0 saturated carbocycles. The molecule has 0 bridgehead atoms. The second-order valence-corrected chi connectivity index (χ2v) is 4.78. The molecular weight excluding hydrogens is 244 g/mol. The lowest BCUT2D eigenvalue weighted by Gasteiger charge is -2.29. The molecule has 0 saturated heterocycles. The Labute approximate surface area is 111 Å². The van der Waals surface area contributed by atoms with Crippen LogP contribution in [0.5, 0.6) is 0 Å². The number of nitrogens with one attached hydrogen (secondary N) is 2. The SMILES string of the molecule is CCC(CC)(CO)CNc1nc(N)nc2[nH]ncc12. The van der Waals surface area contributed by atoms with E-state index >= 15 is 0 Å². The van der Waals surface area contributed by atoms with Gasteiger partial charge in [0.25, 0.3) is 0 Å². The van der Waals surface area contributed by atoms with Gasteiger partial charge in [0, 0.05) is 12.0 Å². The second-order valence-electron chi connectivity index (χ2n) is 4.78. The van der Waals surface area contributed by atoms with Gasteiger partial charge in [-0.2, -0.15) is 15.1 Å². The molecule has 7 nitrogen and oxygen atoms in total. The van der Waals surface area contributed by atoms with Crippen molar-refractivity contribution in [1.29, 1.82) is 0 Å². The minimum atomic E-state index is -0.143. The molecule has 0 aliphatic rings. The van der Waals surface area contributed by atoms with E-state index in [0.29, 0.717) is 18.0 Å². The highest BCUT2D eigenvalue weighted by Crippen LogP contribution is 2.27. The van der Waals surface area contributed by atoms with E-state index in [2.05, 4.69) is 39.3 Å². The van der Waals surface area contributed by atoms with Crippen LogP contribution in [0.15, 0.2) is 6.20 Å². The Morgan fingerprint density at radius 3 is 2.74 bits per heavy atom. The highest BCUT2D eigenvalue weighted by atomic mass is 16.3. The highest BCUT2D eigenvalue weighted by Gasteiger charge is 2.25. The van der Waals surface area contributed by atoms with Crippen LogP contribution >= 0.6 is 0 Å². The van der Waals surface area contributed by atoms with Crippen molar-refractivity contribution in [3.05, 3.63) is 6.20 Å². The fourth-order valence-corrected chi connectivity index (χ4v) is 2.04. The van der Waals surface area contributed by atoms with Gasteiger partial charge in [-0.1, -0.05) is 13.8 Å². The number of H-pyrrole nitrogens is 1. The zero-order chi connectivity index (χ0) is 13.9. The third-order valence-corrected chi connectivity index (χ3v) is 3.79. The van der Waals surface area contributed by atoms with Gasteiger partial charge in [0.1, 0.15) is 5.82 Å². The smallest absolute Gasteiger partial charge is 0.224 e. The predicted molar refractivity (Wildman–Crippen MR) is 74.7 cm³/mol. The first kappa shape index (κ1) is 13.5. The van der Waals surface area contributed by atoms with Gasteiger partial charge in [0.2, 0.25) is 5.95 Å². The molecule has 0 amide bonds. The number of aliphatic hydroxyl groups excluding tert-OH is 1. The van der Waals surface area contributed by atoms with Gasteiger partial charge in [0.15, 0.2) is 5.65 Å². The van der Waals surface area contributed by atoms with E-state index in [1.165, 1.54) is 0 Å². The molecule has 0 radical (unpaired) electrons. The number of anilines is 2. The van der Waals surface area contributed by atoms with Crippen LogP contribution in [0.3, 0.4) is 0 Å². The molecular formula is C12H20N6O. The predicted octanol–water partition coefficient (Wildman–Crippen LogP) is 1.15. The van der Waals surface area contributed by atoms with Crippen LogP contribution < -0.4 is 11.1 Å². The van der Waals surface area contributed by atoms with Crippen LogP contribution in [-0.2, 0) is 0 Å². The number of rotatable bonds is 6. The van der Waals surface area contributed by atoms with Crippen molar-refractivity contribution in [2.24, 2.45) is 5.41 Å². The van der Waals surface area contributed by atoms with Crippen molar-refractivity contribution >= 4 is 22.8 Å². The number of aliphatic hydroxyl groups is 1. The van der Waals surface area contributed by atoms with Gasteiger partial charge in [-0.25, -0.2) is 0 Å². The van der Waals surface area contributed by atoms with Crippen LogP contribution in [0, 0.1) is 5.41 Å². The van der Waals surface area contributed by atoms with E-state index in [0.717, 1.165) is 18.2 Å². The maximum atomic E-state index is 9.57. The largest absolute Gasteiger partial charge is 0.396 e. The summed E-state index contributed by atoms with van der Waals surface area (Å²) in [5.41, 5.74) is 6.13. The quantitative estimate of drug-likeness (QED) is 0.622. The standard InChI is InChI=1S/C12H20N6O/c1-3-12(4-2,7-19)6-14-9-8-5-15-18-10(8)17-11(13)16-9/h5,19H,3-4,6-7H2,1-2H3,(H4,13,14,15,16,17,18). The Bertz CT molecular complexity index is 540. The first-order valence-electron chi connectivity index (χ1n) is 6.45. The molecule has 2 rings (SSSR count). The van der Waals surface area contributed by atoms with E-state index in [-0.39, 0.29) is 18.0 Å². The normalized spacial score (nSPS) is 11.9. The van der Waals surface area contributed by atoms with E-state index < -0.39 is 0 Å². The molecule has 104 valence electrons. The summed E-state index contributed by atoms with van der Waals surface area (Å²) >= 11 is 0. The zero-order valence-corrected chi connectivity index (χ0v) is 11.3. The van der Waals surface area contributed by atoms with Crippen LogP contribution in [0.4, 0.5) is 11.8 Å². The van der Waals surface area contributed by atoms with Gasteiger partial charge in [-0.05, 0) is 12.8 Å². The monoisotopic (exact) mass is 264 g/mol. The molecule has 2 aromatic rings. The summed E-state index contributed by atoms with van der Waals surface area (Å²) in [5.74, 6) is 0.845. The molecule has 0 atom stereocenters. The van der Waals surface area contributed by atoms with Gasteiger partial charge in [-0.3, -0.25) is 5.10 Å². The Balaban J connectivity index is 2.24. The van der Waals surface area contributed by atoms with Crippen molar-refractivity contribution in [2.45, 2.75) is 26.7 Å². The average Bonchev–Trinajstić information content (AvgIpc) is 2.88. The number of hydrogen-bond donors (Lipinski definition) is 4. The fourth-order valence-electron chi connectivity index (χ4n) is 2.04. The number of aromatic nitrogens is 4. The minimum Gasteiger partial charge on any atom is -0.396 e. The molecule has 2 heterocycles. The summed E-state index contributed by atoms with van der Waals surface area (Å²) in [5, 5.41) is 20.3. The van der Waals surface area contributed by atoms with Crippen LogP contribution in [0.2, 0.25) is 0 Å². The lowest BCUT2D eigenvalue weighted by Crippen LogP contribution is -2.32. The number of hydrogen-bond acceptors (Lipinski definition) is 6. The Morgan fingerprint density at radius 1 is 1.37 bits per heavy atom. The number of nitrogens with zero attached hydrogens (tertiary/aromatic N) is 3. The van der Waals surface area contributed by atoms with Crippen LogP contribution in [-0.4, -0.2) is 38.4 Å². The second kappa shape index (κ2) is 5.40. The lowest BCUT2D eigenvalue weighted by molar-refractivity contribution is 0.127. The first-order chi connectivity index (χ1) is 9.14. The van der Waals surface area contributed by atoms with E-state index in [1.807, 2.05) is 0 Å². The molecule has 2 aromatic heterocycles. The maximum Gasteiger partial charge on any atom is 0.224 e. The molecule has 7 heteroatoms. The summed E-state index contributed by atoms with van der Waals surface area (Å²) in [6.07, 6.45) is 3.44.